The number of carbonyl (C=O) groups excluding carboxylic acids is 1. The van der Waals surface area contributed by atoms with Crippen molar-refractivity contribution >= 4 is 18.4 Å². The summed E-state index contributed by atoms with van der Waals surface area (Å²) in [5, 5.41) is 10.1. The zero-order valence-electron chi connectivity index (χ0n) is 15.1. The SMILES string of the molecule is CC12CCC(O)CC1=CCC1C2CCC2(C)C(C(=O)CS)CCC12. The third-order valence-corrected chi connectivity index (χ3v) is 8.93. The molecule has 0 amide bonds. The molecule has 0 aromatic rings. The maximum Gasteiger partial charge on any atom is 0.146 e. The van der Waals surface area contributed by atoms with Gasteiger partial charge in [0.2, 0.25) is 0 Å². The van der Waals surface area contributed by atoms with Gasteiger partial charge in [-0.15, -0.1) is 0 Å². The molecule has 134 valence electrons. The molecule has 0 heterocycles. The second-order valence-electron chi connectivity index (χ2n) is 9.45. The number of aliphatic hydroxyl groups is 1. The van der Waals surface area contributed by atoms with E-state index in [9.17, 15) is 9.90 Å². The van der Waals surface area contributed by atoms with Crippen LogP contribution in [0.25, 0.3) is 0 Å². The van der Waals surface area contributed by atoms with E-state index >= 15 is 0 Å². The van der Waals surface area contributed by atoms with Gasteiger partial charge in [-0.3, -0.25) is 4.79 Å². The van der Waals surface area contributed by atoms with Crippen LogP contribution in [0, 0.1) is 34.5 Å². The number of thiol groups is 1. The average Bonchev–Trinajstić information content (AvgIpc) is 2.92. The lowest BCUT2D eigenvalue weighted by atomic mass is 9.47. The molecule has 0 aliphatic heterocycles. The van der Waals surface area contributed by atoms with E-state index in [1.807, 2.05) is 0 Å². The van der Waals surface area contributed by atoms with Crippen LogP contribution in [0.1, 0.15) is 65.2 Å². The van der Waals surface area contributed by atoms with Crippen molar-refractivity contribution in [2.24, 2.45) is 34.5 Å². The molecule has 3 fully saturated rings. The normalized spacial score (nSPS) is 50.5. The smallest absolute Gasteiger partial charge is 0.146 e. The van der Waals surface area contributed by atoms with E-state index in [0.717, 1.165) is 37.5 Å². The average molecular weight is 349 g/mol. The van der Waals surface area contributed by atoms with Gasteiger partial charge < -0.3 is 5.11 Å². The molecular formula is C21H32O2S. The first-order chi connectivity index (χ1) is 11.4. The monoisotopic (exact) mass is 348 g/mol. The van der Waals surface area contributed by atoms with Crippen molar-refractivity contribution in [3.63, 3.8) is 0 Å². The fourth-order valence-electron chi connectivity index (χ4n) is 7.28. The van der Waals surface area contributed by atoms with E-state index in [2.05, 4.69) is 32.6 Å². The Morgan fingerprint density at radius 1 is 1.21 bits per heavy atom. The number of Topliss-reactive ketones (excluding diaryl/α,β-unsaturated/α-hetero) is 1. The Morgan fingerprint density at radius 3 is 2.75 bits per heavy atom. The van der Waals surface area contributed by atoms with Gasteiger partial charge >= 0.3 is 0 Å². The van der Waals surface area contributed by atoms with Gasteiger partial charge in [0, 0.05) is 11.7 Å². The summed E-state index contributed by atoms with van der Waals surface area (Å²) in [6, 6.07) is 0. The molecule has 3 saturated carbocycles. The predicted octanol–water partition coefficient (Wildman–Crippen LogP) is 4.43. The van der Waals surface area contributed by atoms with Crippen LogP contribution in [0.15, 0.2) is 11.6 Å². The van der Waals surface area contributed by atoms with Crippen LogP contribution in [0.4, 0.5) is 0 Å². The topological polar surface area (TPSA) is 37.3 Å². The first-order valence-corrected chi connectivity index (χ1v) is 10.5. The maximum absolute atomic E-state index is 12.4. The fraction of sp³-hybridized carbons (Fsp3) is 0.857. The second-order valence-corrected chi connectivity index (χ2v) is 9.77. The summed E-state index contributed by atoms with van der Waals surface area (Å²) in [7, 11) is 0. The molecule has 7 unspecified atom stereocenters. The van der Waals surface area contributed by atoms with Gasteiger partial charge in [-0.1, -0.05) is 25.5 Å². The molecule has 0 aromatic heterocycles. The first kappa shape index (κ1) is 17.1. The van der Waals surface area contributed by atoms with E-state index in [1.54, 1.807) is 0 Å². The van der Waals surface area contributed by atoms with E-state index in [4.69, 9.17) is 0 Å². The number of carbonyl (C=O) groups is 1. The zero-order valence-corrected chi connectivity index (χ0v) is 16.0. The number of allylic oxidation sites excluding steroid dienone is 1. The molecule has 0 spiro atoms. The van der Waals surface area contributed by atoms with Gasteiger partial charge in [0.25, 0.3) is 0 Å². The molecule has 4 rings (SSSR count). The molecule has 0 aromatic carbocycles. The van der Waals surface area contributed by atoms with Crippen LogP contribution in [-0.4, -0.2) is 22.7 Å². The number of aliphatic hydroxyl groups excluding tert-OH is 1. The summed E-state index contributed by atoms with van der Waals surface area (Å²) in [6.07, 6.45) is 11.3. The molecule has 4 aliphatic carbocycles. The van der Waals surface area contributed by atoms with Gasteiger partial charge in [0.05, 0.1) is 6.10 Å². The number of fused-ring (bicyclic) bond motifs is 5. The summed E-state index contributed by atoms with van der Waals surface area (Å²) in [5.41, 5.74) is 2.04. The number of hydrogen-bond donors (Lipinski definition) is 2. The van der Waals surface area contributed by atoms with E-state index in [0.29, 0.717) is 22.9 Å². The fourth-order valence-corrected chi connectivity index (χ4v) is 7.50. The van der Waals surface area contributed by atoms with Crippen LogP contribution in [0.2, 0.25) is 0 Å². The van der Waals surface area contributed by atoms with Crippen molar-refractivity contribution in [3.05, 3.63) is 11.6 Å². The predicted molar refractivity (Wildman–Crippen MR) is 100 cm³/mol. The van der Waals surface area contributed by atoms with Crippen LogP contribution in [0.3, 0.4) is 0 Å². The summed E-state index contributed by atoms with van der Waals surface area (Å²) < 4.78 is 0. The summed E-state index contributed by atoms with van der Waals surface area (Å²) in [5.74, 6) is 3.22. The quantitative estimate of drug-likeness (QED) is 0.572. The number of ketones is 1. The van der Waals surface area contributed by atoms with E-state index in [-0.39, 0.29) is 17.4 Å². The lowest BCUT2D eigenvalue weighted by molar-refractivity contribution is -0.127. The van der Waals surface area contributed by atoms with Gasteiger partial charge in [0.1, 0.15) is 5.78 Å². The third-order valence-electron chi connectivity index (χ3n) is 8.62. The van der Waals surface area contributed by atoms with E-state index < -0.39 is 0 Å². The van der Waals surface area contributed by atoms with Gasteiger partial charge in [-0.25, -0.2) is 0 Å². The molecule has 0 bridgehead atoms. The van der Waals surface area contributed by atoms with E-state index in [1.165, 1.54) is 31.3 Å². The van der Waals surface area contributed by atoms with Crippen molar-refractivity contribution < 1.29 is 9.90 Å². The number of hydrogen-bond acceptors (Lipinski definition) is 3. The lowest BCUT2D eigenvalue weighted by Crippen LogP contribution is -2.51. The van der Waals surface area contributed by atoms with Crippen LogP contribution >= 0.6 is 12.6 Å². The molecule has 1 N–H and O–H groups in total. The molecular weight excluding hydrogens is 316 g/mol. The van der Waals surface area contributed by atoms with Crippen molar-refractivity contribution in [1.82, 2.24) is 0 Å². The third kappa shape index (κ3) is 2.30. The summed E-state index contributed by atoms with van der Waals surface area (Å²) >= 11 is 4.28. The highest BCUT2D eigenvalue weighted by Gasteiger charge is 2.59. The lowest BCUT2D eigenvalue weighted by Gasteiger charge is -2.57. The Hall–Kier alpha value is -0.280. The number of rotatable bonds is 2. The molecule has 2 nitrogen and oxygen atoms in total. The Labute approximate surface area is 151 Å². The molecule has 3 heteroatoms. The van der Waals surface area contributed by atoms with Crippen molar-refractivity contribution in [2.45, 2.75) is 71.3 Å². The van der Waals surface area contributed by atoms with Crippen LogP contribution in [0.5, 0.6) is 0 Å². The molecule has 24 heavy (non-hydrogen) atoms. The minimum Gasteiger partial charge on any atom is -0.393 e. The summed E-state index contributed by atoms with van der Waals surface area (Å²) in [6.45, 7) is 4.87. The highest BCUT2D eigenvalue weighted by molar-refractivity contribution is 7.81. The Morgan fingerprint density at radius 2 is 2.00 bits per heavy atom. The minimum atomic E-state index is -0.126. The molecule has 4 aliphatic rings. The largest absolute Gasteiger partial charge is 0.393 e. The summed E-state index contributed by atoms with van der Waals surface area (Å²) in [4.78, 5) is 12.4. The van der Waals surface area contributed by atoms with Crippen molar-refractivity contribution in [3.8, 4) is 0 Å². The van der Waals surface area contributed by atoms with Crippen LogP contribution < -0.4 is 0 Å². The highest BCUT2D eigenvalue weighted by Crippen LogP contribution is 2.66. The molecule has 0 saturated heterocycles. The second kappa shape index (κ2) is 5.87. The van der Waals surface area contributed by atoms with Gasteiger partial charge in [0.15, 0.2) is 0 Å². The van der Waals surface area contributed by atoms with Crippen molar-refractivity contribution in [1.29, 1.82) is 0 Å². The minimum absolute atomic E-state index is 0.126. The first-order valence-electron chi connectivity index (χ1n) is 9.91. The van der Waals surface area contributed by atoms with Crippen molar-refractivity contribution in [2.75, 3.05) is 5.75 Å². The molecule has 0 radical (unpaired) electrons. The zero-order chi connectivity index (χ0) is 17.1. The van der Waals surface area contributed by atoms with Gasteiger partial charge in [-0.05, 0) is 80.0 Å². The van der Waals surface area contributed by atoms with Crippen LogP contribution in [-0.2, 0) is 4.79 Å². The Bertz CT molecular complexity index is 570. The highest BCUT2D eigenvalue weighted by atomic mass is 32.1. The standard InChI is InChI=1S/C21H32O2S/c1-20-9-7-14(22)11-13(20)3-4-15-16-5-6-18(19(23)12-24)21(16,2)10-8-17(15)20/h3,14-18,22,24H,4-12H2,1-2H3. The molecule has 7 atom stereocenters. The van der Waals surface area contributed by atoms with Gasteiger partial charge in [-0.2, -0.15) is 12.6 Å². The Kier molecular flexibility index (Phi) is 4.20. The Balaban J connectivity index is 1.64. The maximum atomic E-state index is 12.4.